The van der Waals surface area contributed by atoms with E-state index in [-0.39, 0.29) is 18.6 Å². The van der Waals surface area contributed by atoms with Crippen LogP contribution in [0.4, 0.5) is 4.79 Å². The number of aliphatic carboxylic acids is 1. The molecule has 0 saturated carbocycles. The molecule has 96 valence electrons. The molecule has 1 rings (SSSR count). The van der Waals surface area contributed by atoms with Gasteiger partial charge in [-0.15, -0.1) is 0 Å². The minimum absolute atomic E-state index is 0.1000. The quantitative estimate of drug-likeness (QED) is 0.766. The summed E-state index contributed by atoms with van der Waals surface area (Å²) in [6.45, 7) is 7.42. The molecular formula is C12H19NO4. The number of carboxylic acids is 1. The van der Waals surface area contributed by atoms with Gasteiger partial charge in [0.15, 0.2) is 0 Å². The molecular weight excluding hydrogens is 222 g/mol. The topological polar surface area (TPSA) is 66.8 Å². The number of carbonyl (C=O) groups is 2. The van der Waals surface area contributed by atoms with Crippen molar-refractivity contribution < 1.29 is 19.4 Å². The van der Waals surface area contributed by atoms with Gasteiger partial charge in [-0.05, 0) is 25.7 Å². The van der Waals surface area contributed by atoms with Crippen molar-refractivity contribution in [3.63, 3.8) is 0 Å². The largest absolute Gasteiger partial charge is 0.480 e. The molecule has 1 aliphatic heterocycles. The summed E-state index contributed by atoms with van der Waals surface area (Å²) >= 11 is 0. The van der Waals surface area contributed by atoms with Crippen molar-refractivity contribution in [2.75, 3.05) is 6.61 Å². The summed E-state index contributed by atoms with van der Waals surface area (Å²) in [5.74, 6) is -0.693. The summed E-state index contributed by atoms with van der Waals surface area (Å²) in [5.41, 5.74) is 0. The van der Waals surface area contributed by atoms with Crippen molar-refractivity contribution in [2.24, 2.45) is 5.92 Å². The van der Waals surface area contributed by atoms with Gasteiger partial charge in [-0.3, -0.25) is 4.90 Å². The summed E-state index contributed by atoms with van der Waals surface area (Å²) in [6.07, 6.45) is 2.18. The molecule has 0 spiro atoms. The molecule has 0 aliphatic carbocycles. The third kappa shape index (κ3) is 2.99. The molecule has 1 amide bonds. The van der Waals surface area contributed by atoms with E-state index >= 15 is 0 Å². The zero-order valence-electron chi connectivity index (χ0n) is 10.3. The first-order valence-electron chi connectivity index (χ1n) is 5.77. The van der Waals surface area contributed by atoms with Gasteiger partial charge in [-0.1, -0.05) is 19.6 Å². The number of hydrogen-bond donors (Lipinski definition) is 1. The average Bonchev–Trinajstić information content (AvgIpc) is 2.28. The molecule has 0 aromatic rings. The van der Waals surface area contributed by atoms with E-state index in [2.05, 4.69) is 6.58 Å². The first-order chi connectivity index (χ1) is 7.99. The maximum absolute atomic E-state index is 11.8. The zero-order valence-corrected chi connectivity index (χ0v) is 10.3. The Morgan fingerprint density at radius 3 is 2.65 bits per heavy atom. The highest BCUT2D eigenvalue weighted by molar-refractivity contribution is 5.80. The van der Waals surface area contributed by atoms with Crippen LogP contribution in [0, 0.1) is 5.92 Å². The van der Waals surface area contributed by atoms with Gasteiger partial charge in [0.2, 0.25) is 0 Å². The second kappa shape index (κ2) is 5.70. The van der Waals surface area contributed by atoms with Crippen LogP contribution in [0.5, 0.6) is 0 Å². The Bertz CT molecular complexity index is 316. The van der Waals surface area contributed by atoms with Crippen molar-refractivity contribution in [3.8, 4) is 0 Å². The third-order valence-electron chi connectivity index (χ3n) is 3.31. The van der Waals surface area contributed by atoms with E-state index in [1.807, 2.05) is 13.8 Å². The fourth-order valence-electron chi connectivity index (χ4n) is 2.10. The first kappa shape index (κ1) is 13.5. The molecule has 0 radical (unpaired) electrons. The summed E-state index contributed by atoms with van der Waals surface area (Å²) in [7, 11) is 0. The molecule has 1 heterocycles. The summed E-state index contributed by atoms with van der Waals surface area (Å²) in [4.78, 5) is 24.3. The van der Waals surface area contributed by atoms with Gasteiger partial charge in [0.25, 0.3) is 0 Å². The van der Waals surface area contributed by atoms with Gasteiger partial charge in [-0.25, -0.2) is 9.59 Å². The highest BCUT2D eigenvalue weighted by Gasteiger charge is 2.40. The van der Waals surface area contributed by atoms with Gasteiger partial charge in [0, 0.05) is 6.04 Å². The molecule has 1 aliphatic rings. The van der Waals surface area contributed by atoms with Crippen LogP contribution in [0.15, 0.2) is 12.7 Å². The number of ether oxygens (including phenoxy) is 1. The Balaban J connectivity index is 2.82. The normalized spacial score (nSPS) is 28.6. The molecule has 0 aromatic carbocycles. The Hall–Kier alpha value is -1.52. The summed E-state index contributed by atoms with van der Waals surface area (Å²) in [5, 5.41) is 9.12. The highest BCUT2D eigenvalue weighted by atomic mass is 16.6. The van der Waals surface area contributed by atoms with E-state index in [1.165, 1.54) is 11.0 Å². The maximum atomic E-state index is 11.8. The second-order valence-electron chi connectivity index (χ2n) is 4.42. The molecule has 17 heavy (non-hydrogen) atoms. The lowest BCUT2D eigenvalue weighted by atomic mass is 9.88. The fourth-order valence-corrected chi connectivity index (χ4v) is 2.10. The minimum atomic E-state index is -0.973. The maximum Gasteiger partial charge on any atom is 0.411 e. The van der Waals surface area contributed by atoms with Gasteiger partial charge in [0.05, 0.1) is 0 Å². The number of amides is 1. The monoisotopic (exact) mass is 241 g/mol. The van der Waals surface area contributed by atoms with E-state index in [0.29, 0.717) is 6.42 Å². The Labute approximate surface area is 101 Å². The lowest BCUT2D eigenvalue weighted by molar-refractivity contribution is -0.145. The van der Waals surface area contributed by atoms with Crippen molar-refractivity contribution in [1.82, 2.24) is 4.90 Å². The molecule has 3 atom stereocenters. The number of nitrogens with zero attached hydrogens (tertiary/aromatic N) is 1. The fraction of sp³-hybridized carbons (Fsp3) is 0.667. The molecule has 0 bridgehead atoms. The predicted molar refractivity (Wildman–Crippen MR) is 62.7 cm³/mol. The smallest absolute Gasteiger partial charge is 0.411 e. The number of carbonyl (C=O) groups excluding carboxylic acids is 1. The Kier molecular flexibility index (Phi) is 4.54. The zero-order chi connectivity index (χ0) is 13.0. The summed E-state index contributed by atoms with van der Waals surface area (Å²) in [6, 6.07) is -0.902. The van der Waals surface area contributed by atoms with E-state index in [4.69, 9.17) is 9.84 Å². The standard InChI is InChI=1S/C12H19NO4/c1-4-7-17-12(16)13-9(3)8(2)5-6-10(13)11(14)15/h4,8-10H,1,5-7H2,2-3H3,(H,14,15). The first-order valence-corrected chi connectivity index (χ1v) is 5.77. The van der Waals surface area contributed by atoms with E-state index in [0.717, 1.165) is 6.42 Å². The van der Waals surface area contributed by atoms with E-state index < -0.39 is 18.1 Å². The van der Waals surface area contributed by atoms with Crippen LogP contribution < -0.4 is 0 Å². The average molecular weight is 241 g/mol. The van der Waals surface area contributed by atoms with Crippen molar-refractivity contribution in [2.45, 2.75) is 38.8 Å². The van der Waals surface area contributed by atoms with Crippen LogP contribution in [0.3, 0.4) is 0 Å². The van der Waals surface area contributed by atoms with Crippen LogP contribution in [0.25, 0.3) is 0 Å². The number of hydrogen-bond acceptors (Lipinski definition) is 3. The number of piperidine rings is 1. The van der Waals surface area contributed by atoms with Crippen LogP contribution in [-0.2, 0) is 9.53 Å². The molecule has 1 fully saturated rings. The third-order valence-corrected chi connectivity index (χ3v) is 3.31. The van der Waals surface area contributed by atoms with Crippen LogP contribution in [0.1, 0.15) is 26.7 Å². The van der Waals surface area contributed by atoms with Crippen LogP contribution in [0.2, 0.25) is 0 Å². The van der Waals surface area contributed by atoms with E-state index in [9.17, 15) is 9.59 Å². The summed E-state index contributed by atoms with van der Waals surface area (Å²) < 4.78 is 4.94. The predicted octanol–water partition coefficient (Wildman–Crippen LogP) is 1.88. The van der Waals surface area contributed by atoms with Crippen molar-refractivity contribution in [1.29, 1.82) is 0 Å². The lowest BCUT2D eigenvalue weighted by Gasteiger charge is -2.41. The number of rotatable bonds is 3. The van der Waals surface area contributed by atoms with Gasteiger partial charge < -0.3 is 9.84 Å². The molecule has 0 aromatic heterocycles. The van der Waals surface area contributed by atoms with Crippen LogP contribution >= 0.6 is 0 Å². The van der Waals surface area contributed by atoms with Crippen molar-refractivity contribution >= 4 is 12.1 Å². The van der Waals surface area contributed by atoms with Crippen LogP contribution in [-0.4, -0.2) is 40.8 Å². The molecule has 5 heteroatoms. The Morgan fingerprint density at radius 2 is 2.12 bits per heavy atom. The van der Waals surface area contributed by atoms with E-state index in [1.54, 1.807) is 0 Å². The minimum Gasteiger partial charge on any atom is -0.480 e. The number of likely N-dealkylation sites (tertiary alicyclic amines) is 1. The Morgan fingerprint density at radius 1 is 1.47 bits per heavy atom. The van der Waals surface area contributed by atoms with Gasteiger partial charge in [-0.2, -0.15) is 0 Å². The molecule has 3 unspecified atom stereocenters. The highest BCUT2D eigenvalue weighted by Crippen LogP contribution is 2.28. The lowest BCUT2D eigenvalue weighted by Crippen LogP contribution is -2.55. The second-order valence-corrected chi connectivity index (χ2v) is 4.42. The van der Waals surface area contributed by atoms with Gasteiger partial charge >= 0.3 is 12.1 Å². The molecule has 1 saturated heterocycles. The SMILES string of the molecule is C=CCOC(=O)N1C(C(=O)O)CCC(C)C1C. The number of carboxylic acid groups (broad SMARTS) is 1. The molecule has 5 nitrogen and oxygen atoms in total. The van der Waals surface area contributed by atoms with Crippen molar-refractivity contribution in [3.05, 3.63) is 12.7 Å². The van der Waals surface area contributed by atoms with Gasteiger partial charge in [0.1, 0.15) is 12.6 Å². The molecule has 1 N–H and O–H groups in total.